The van der Waals surface area contributed by atoms with Crippen LogP contribution < -0.4 is 10.6 Å². The second-order valence-corrected chi connectivity index (χ2v) is 4.75. The minimum Gasteiger partial charge on any atom is -0.370 e. The molecule has 1 aliphatic heterocycles. The summed E-state index contributed by atoms with van der Waals surface area (Å²) < 4.78 is 0. The highest BCUT2D eigenvalue weighted by Gasteiger charge is 2.30. The molecule has 3 N–H and O–H groups in total. The Bertz CT molecular complexity index is 481. The van der Waals surface area contributed by atoms with E-state index in [1.165, 1.54) is 18.7 Å². The van der Waals surface area contributed by atoms with Crippen LogP contribution in [0, 0.1) is 0 Å². The summed E-state index contributed by atoms with van der Waals surface area (Å²) >= 11 is 1.47. The molecule has 92 valence electrons. The zero-order valence-electron chi connectivity index (χ0n) is 10.0. The molecular weight excluding hydrogens is 238 g/mol. The molecule has 0 radical (unpaired) electrons. The lowest BCUT2D eigenvalue weighted by molar-refractivity contribution is -0.117. The SMILES string of the molecule is CCC1Nc2c(C(C)=O)[nH]c(SC)c2NC1=O. The lowest BCUT2D eigenvalue weighted by Crippen LogP contribution is -2.38. The van der Waals surface area contributed by atoms with E-state index in [2.05, 4.69) is 15.6 Å². The molecule has 1 atom stereocenters. The summed E-state index contributed by atoms with van der Waals surface area (Å²) in [5.41, 5.74) is 1.94. The lowest BCUT2D eigenvalue weighted by Gasteiger charge is -2.24. The number of aromatic nitrogens is 1. The van der Waals surface area contributed by atoms with Crippen LogP contribution in [-0.4, -0.2) is 29.0 Å². The molecule has 0 aromatic carbocycles. The molecule has 2 rings (SSSR count). The van der Waals surface area contributed by atoms with Crippen LogP contribution in [0.4, 0.5) is 11.4 Å². The van der Waals surface area contributed by atoms with E-state index in [0.717, 1.165) is 5.03 Å². The number of anilines is 2. The molecule has 17 heavy (non-hydrogen) atoms. The predicted molar refractivity (Wildman–Crippen MR) is 68.9 cm³/mol. The number of ketones is 1. The maximum atomic E-state index is 11.8. The Kier molecular flexibility index (Phi) is 3.15. The van der Waals surface area contributed by atoms with Gasteiger partial charge in [-0.3, -0.25) is 9.59 Å². The van der Waals surface area contributed by atoms with Gasteiger partial charge < -0.3 is 15.6 Å². The number of thioether (sulfide) groups is 1. The monoisotopic (exact) mass is 253 g/mol. The first kappa shape index (κ1) is 12.0. The number of carbonyl (C=O) groups is 2. The van der Waals surface area contributed by atoms with E-state index in [4.69, 9.17) is 0 Å². The standard InChI is InChI=1S/C11H15N3O2S/c1-4-6-10(16)13-9-8(12-6)7(5(2)15)14-11(9)17-3/h6,12,14H,4H2,1-3H3,(H,13,16). The van der Waals surface area contributed by atoms with Crippen molar-refractivity contribution < 1.29 is 9.59 Å². The first-order valence-corrected chi connectivity index (χ1v) is 6.69. The largest absolute Gasteiger partial charge is 0.370 e. The second-order valence-electron chi connectivity index (χ2n) is 3.93. The van der Waals surface area contributed by atoms with Crippen LogP contribution in [0.1, 0.15) is 30.8 Å². The summed E-state index contributed by atoms with van der Waals surface area (Å²) in [6, 6.07) is -0.272. The van der Waals surface area contributed by atoms with Crippen molar-refractivity contribution in [1.82, 2.24) is 4.98 Å². The van der Waals surface area contributed by atoms with E-state index < -0.39 is 0 Å². The van der Waals surface area contributed by atoms with Gasteiger partial charge in [0.05, 0.1) is 16.4 Å². The van der Waals surface area contributed by atoms with Gasteiger partial charge in [0, 0.05) is 6.92 Å². The number of fused-ring (bicyclic) bond motifs is 1. The average Bonchev–Trinajstić information content (AvgIpc) is 2.65. The number of carbonyl (C=O) groups excluding carboxylic acids is 2. The Balaban J connectivity index is 2.50. The molecule has 0 bridgehead atoms. The lowest BCUT2D eigenvalue weighted by atomic mass is 10.1. The number of hydrogen-bond acceptors (Lipinski definition) is 4. The van der Waals surface area contributed by atoms with Crippen LogP contribution in [-0.2, 0) is 4.79 Å². The van der Waals surface area contributed by atoms with E-state index in [0.29, 0.717) is 23.5 Å². The first-order chi connectivity index (χ1) is 8.08. The van der Waals surface area contributed by atoms with Gasteiger partial charge in [-0.1, -0.05) is 6.92 Å². The topological polar surface area (TPSA) is 74.0 Å². The zero-order chi connectivity index (χ0) is 12.6. The quantitative estimate of drug-likeness (QED) is 0.569. The third kappa shape index (κ3) is 1.93. The Hall–Kier alpha value is -1.43. The van der Waals surface area contributed by atoms with E-state index in [-0.39, 0.29) is 17.7 Å². The summed E-state index contributed by atoms with van der Waals surface area (Å²) in [5, 5.41) is 6.78. The summed E-state index contributed by atoms with van der Waals surface area (Å²) in [5.74, 6) is -0.0931. The number of rotatable bonds is 3. The van der Waals surface area contributed by atoms with Crippen molar-refractivity contribution in [3.63, 3.8) is 0 Å². The number of aromatic amines is 1. The fourth-order valence-electron chi connectivity index (χ4n) is 1.90. The van der Waals surface area contributed by atoms with Crippen molar-refractivity contribution in [3.05, 3.63) is 5.69 Å². The van der Waals surface area contributed by atoms with E-state index in [1.54, 1.807) is 0 Å². The van der Waals surface area contributed by atoms with Crippen molar-refractivity contribution in [2.75, 3.05) is 16.9 Å². The van der Waals surface area contributed by atoms with Gasteiger partial charge in [-0.15, -0.1) is 11.8 Å². The van der Waals surface area contributed by atoms with Crippen LogP contribution in [0.3, 0.4) is 0 Å². The summed E-state index contributed by atoms with van der Waals surface area (Å²) in [7, 11) is 0. The van der Waals surface area contributed by atoms with Gasteiger partial charge >= 0.3 is 0 Å². The van der Waals surface area contributed by atoms with Crippen LogP contribution in [0.2, 0.25) is 0 Å². The molecule has 6 heteroatoms. The second kappa shape index (κ2) is 4.44. The number of nitrogens with one attached hydrogen (secondary N) is 3. The van der Waals surface area contributed by atoms with Crippen LogP contribution in [0.5, 0.6) is 0 Å². The fraction of sp³-hybridized carbons (Fsp3) is 0.455. The average molecular weight is 253 g/mol. The van der Waals surface area contributed by atoms with Crippen molar-refractivity contribution in [3.8, 4) is 0 Å². The maximum absolute atomic E-state index is 11.8. The molecule has 2 heterocycles. The van der Waals surface area contributed by atoms with Crippen molar-refractivity contribution in [2.24, 2.45) is 0 Å². The smallest absolute Gasteiger partial charge is 0.246 e. The number of Topliss-reactive ketones (excluding diaryl/α,β-unsaturated/α-hetero) is 1. The van der Waals surface area contributed by atoms with Gasteiger partial charge in [-0.2, -0.15) is 0 Å². The van der Waals surface area contributed by atoms with Gasteiger partial charge in [0.15, 0.2) is 5.78 Å². The fourth-order valence-corrected chi connectivity index (χ4v) is 2.46. The van der Waals surface area contributed by atoms with E-state index in [9.17, 15) is 9.59 Å². The molecule has 0 aliphatic carbocycles. The van der Waals surface area contributed by atoms with Crippen molar-refractivity contribution in [1.29, 1.82) is 0 Å². The maximum Gasteiger partial charge on any atom is 0.246 e. The van der Waals surface area contributed by atoms with Gasteiger partial charge in [-0.05, 0) is 12.7 Å². The highest BCUT2D eigenvalue weighted by atomic mass is 32.2. The summed E-state index contributed by atoms with van der Waals surface area (Å²) in [6.45, 7) is 3.44. The van der Waals surface area contributed by atoms with E-state index >= 15 is 0 Å². The third-order valence-electron chi connectivity index (χ3n) is 2.81. The van der Waals surface area contributed by atoms with Gasteiger partial charge in [0.25, 0.3) is 0 Å². The van der Waals surface area contributed by atoms with Crippen molar-refractivity contribution in [2.45, 2.75) is 31.3 Å². The molecular formula is C11H15N3O2S. The van der Waals surface area contributed by atoms with Gasteiger partial charge in [0.2, 0.25) is 5.91 Å². The molecule has 1 amide bonds. The van der Waals surface area contributed by atoms with Crippen LogP contribution >= 0.6 is 11.8 Å². The molecule has 0 saturated heterocycles. The number of hydrogen-bond donors (Lipinski definition) is 3. The third-order valence-corrected chi connectivity index (χ3v) is 3.53. The molecule has 0 fully saturated rings. The van der Waals surface area contributed by atoms with Gasteiger partial charge in [-0.25, -0.2) is 0 Å². The van der Waals surface area contributed by atoms with E-state index in [1.807, 2.05) is 13.2 Å². The number of amides is 1. The highest BCUT2D eigenvalue weighted by Crippen LogP contribution is 2.39. The molecule has 1 aromatic heterocycles. The highest BCUT2D eigenvalue weighted by molar-refractivity contribution is 7.98. The molecule has 1 aliphatic rings. The first-order valence-electron chi connectivity index (χ1n) is 5.46. The number of H-pyrrole nitrogens is 1. The minimum absolute atomic E-state index is 0.0416. The summed E-state index contributed by atoms with van der Waals surface area (Å²) in [4.78, 5) is 26.3. The molecule has 5 nitrogen and oxygen atoms in total. The molecule has 1 unspecified atom stereocenters. The van der Waals surface area contributed by atoms with Crippen LogP contribution in [0.15, 0.2) is 5.03 Å². The summed E-state index contributed by atoms with van der Waals surface area (Å²) in [6.07, 6.45) is 2.58. The normalized spacial score (nSPS) is 18.3. The van der Waals surface area contributed by atoms with Crippen molar-refractivity contribution >= 4 is 34.8 Å². The Morgan fingerprint density at radius 3 is 2.65 bits per heavy atom. The zero-order valence-corrected chi connectivity index (χ0v) is 10.8. The molecule has 0 saturated carbocycles. The Labute approximate surface area is 104 Å². The van der Waals surface area contributed by atoms with Crippen LogP contribution in [0.25, 0.3) is 0 Å². The Morgan fingerprint density at radius 1 is 1.41 bits per heavy atom. The predicted octanol–water partition coefficient (Wildman–Crippen LogP) is 2.08. The Morgan fingerprint density at radius 2 is 2.12 bits per heavy atom. The van der Waals surface area contributed by atoms with Gasteiger partial charge in [0.1, 0.15) is 11.7 Å². The molecule has 0 spiro atoms. The minimum atomic E-state index is -0.272. The molecule has 1 aromatic rings.